The number of ether oxygens (including phenoxy) is 4. The maximum atomic E-state index is 12.8. The maximum absolute atomic E-state index is 12.8. The maximum Gasteiger partial charge on any atom is 0.534 e. The lowest BCUT2D eigenvalue weighted by Crippen LogP contribution is -2.34. The standard InChI is InChI=1S/C22H31NO8.C19H31NO5/c1-21(2,3)30-19(27)11-8-16(24)22(4)13-6-5-7-15(12-14-22)29-20(28)31-23-17(25)9-10-18(23)26;1-18(2,3)25-16(22)10-9-15(21)19(4)12-7-6-8-14(11-13-19)24-17(23)20-5/h5,7,15H,6,8-14H2,1-4H3;6,8,14H,7,9-13H2,1-5H3,(H,20,23)/b7-5+;8-6+/t15-,22+;14-,19+/m00/s1. The summed E-state index contributed by atoms with van der Waals surface area (Å²) in [6.07, 6.45) is 9.82. The second kappa shape index (κ2) is 21.1. The van der Waals surface area contributed by atoms with Crippen molar-refractivity contribution in [3.63, 3.8) is 0 Å². The predicted octanol–water partition coefficient (Wildman–Crippen LogP) is 6.94. The highest BCUT2D eigenvalue weighted by molar-refractivity contribution is 6.01. The van der Waals surface area contributed by atoms with Gasteiger partial charge in [-0.3, -0.25) is 33.6 Å². The van der Waals surface area contributed by atoms with Gasteiger partial charge in [0.2, 0.25) is 0 Å². The molecule has 2 aliphatic carbocycles. The highest BCUT2D eigenvalue weighted by Crippen LogP contribution is 2.36. The van der Waals surface area contributed by atoms with Gasteiger partial charge in [0, 0.05) is 43.6 Å². The Bertz CT molecular complexity index is 1490. The number of hydroxylamine groups is 2. The second-order valence-corrected chi connectivity index (χ2v) is 16.9. The number of nitrogens with one attached hydrogen (secondary N) is 1. The first-order chi connectivity index (χ1) is 25.9. The third-order valence-corrected chi connectivity index (χ3v) is 9.57. The van der Waals surface area contributed by atoms with Crippen molar-refractivity contribution in [2.45, 2.75) is 169 Å². The zero-order valence-corrected chi connectivity index (χ0v) is 34.6. The van der Waals surface area contributed by atoms with Gasteiger partial charge in [0.05, 0.1) is 12.8 Å². The van der Waals surface area contributed by atoms with E-state index in [1.807, 2.05) is 52.8 Å². The molecule has 1 fully saturated rings. The smallest absolute Gasteiger partial charge is 0.460 e. The van der Waals surface area contributed by atoms with E-state index in [1.165, 1.54) is 7.05 Å². The van der Waals surface area contributed by atoms with Crippen LogP contribution in [0.2, 0.25) is 0 Å². The van der Waals surface area contributed by atoms with Gasteiger partial charge in [-0.2, -0.15) is 0 Å². The molecule has 15 nitrogen and oxygen atoms in total. The number of esters is 2. The number of alkyl carbamates (subject to hydrolysis) is 1. The summed E-state index contributed by atoms with van der Waals surface area (Å²) >= 11 is 0. The summed E-state index contributed by atoms with van der Waals surface area (Å²) in [6.45, 7) is 14.5. The lowest BCUT2D eigenvalue weighted by molar-refractivity contribution is -0.178. The molecule has 0 spiro atoms. The zero-order valence-electron chi connectivity index (χ0n) is 34.6. The SMILES string of the molecule is CC(C)(C)OC(=O)CCC(=O)[C@]1(C)CC/C=C/[C@H](OC(=O)ON2C(=O)CCC2=O)CC1.CNC(=O)O[C@H]1/C=C/CC[C@@](C)(C(=O)CCC(=O)OC(C)(C)C)CC1. The van der Waals surface area contributed by atoms with E-state index in [9.17, 15) is 38.4 Å². The minimum atomic E-state index is -1.14. The first-order valence-corrected chi connectivity index (χ1v) is 19.4. The summed E-state index contributed by atoms with van der Waals surface area (Å²) in [5.41, 5.74) is -2.33. The number of allylic oxidation sites excluding steroid dienone is 2. The molecule has 56 heavy (non-hydrogen) atoms. The van der Waals surface area contributed by atoms with Gasteiger partial charge in [0.1, 0.15) is 35.0 Å². The van der Waals surface area contributed by atoms with Crippen LogP contribution < -0.4 is 5.32 Å². The Hall–Kier alpha value is -4.56. The van der Waals surface area contributed by atoms with Crippen LogP contribution in [0, 0.1) is 10.8 Å². The van der Waals surface area contributed by atoms with E-state index in [2.05, 4.69) is 5.32 Å². The van der Waals surface area contributed by atoms with E-state index in [4.69, 9.17) is 23.8 Å². The van der Waals surface area contributed by atoms with Gasteiger partial charge in [0.25, 0.3) is 11.8 Å². The number of hydrogen-bond acceptors (Lipinski definition) is 13. The summed E-state index contributed by atoms with van der Waals surface area (Å²) in [5.74, 6) is -1.91. The topological polar surface area (TPSA) is 198 Å². The van der Waals surface area contributed by atoms with Crippen LogP contribution in [0.1, 0.15) is 145 Å². The van der Waals surface area contributed by atoms with Gasteiger partial charge in [-0.05, 0) is 105 Å². The molecule has 1 heterocycles. The second-order valence-electron chi connectivity index (χ2n) is 16.9. The van der Waals surface area contributed by atoms with Gasteiger partial charge in [-0.15, -0.1) is 0 Å². The minimum Gasteiger partial charge on any atom is -0.460 e. The van der Waals surface area contributed by atoms with Gasteiger partial charge in [0.15, 0.2) is 0 Å². The van der Waals surface area contributed by atoms with Crippen LogP contribution in [0.5, 0.6) is 0 Å². The Morgan fingerprint density at radius 3 is 1.48 bits per heavy atom. The molecule has 0 saturated carbocycles. The summed E-state index contributed by atoms with van der Waals surface area (Å²) < 4.78 is 21.0. The summed E-state index contributed by atoms with van der Waals surface area (Å²) in [6, 6.07) is 0. The van der Waals surface area contributed by atoms with E-state index >= 15 is 0 Å². The number of rotatable bonds is 11. The first-order valence-electron chi connectivity index (χ1n) is 19.4. The molecule has 0 bridgehead atoms. The van der Waals surface area contributed by atoms with Crippen molar-refractivity contribution in [1.82, 2.24) is 10.4 Å². The average Bonchev–Trinajstić information content (AvgIpc) is 3.39. The molecule has 1 aliphatic heterocycles. The number of carbonyl (C=O) groups is 8. The predicted molar refractivity (Wildman–Crippen MR) is 203 cm³/mol. The molecule has 3 aliphatic rings. The molecule has 15 heteroatoms. The number of Topliss-reactive ketones (excluding diaryl/α,β-unsaturated/α-hetero) is 2. The van der Waals surface area contributed by atoms with Crippen LogP contribution in [0.25, 0.3) is 0 Å². The minimum absolute atomic E-state index is 0.000787. The van der Waals surface area contributed by atoms with Gasteiger partial charge < -0.3 is 24.3 Å². The van der Waals surface area contributed by atoms with Gasteiger partial charge in [-0.1, -0.05) is 31.1 Å². The fourth-order valence-corrected chi connectivity index (χ4v) is 6.31. The zero-order chi connectivity index (χ0) is 42.3. The Kier molecular flexibility index (Phi) is 17.9. The number of imide groups is 1. The molecule has 1 N–H and O–H groups in total. The number of ketones is 2. The van der Waals surface area contributed by atoms with Crippen molar-refractivity contribution in [1.29, 1.82) is 0 Å². The molecule has 0 aromatic rings. The normalized spacial score (nSPS) is 25.3. The lowest BCUT2D eigenvalue weighted by Gasteiger charge is -2.31. The monoisotopic (exact) mass is 790 g/mol. The van der Waals surface area contributed by atoms with Crippen molar-refractivity contribution in [2.75, 3.05) is 7.05 Å². The Morgan fingerprint density at radius 1 is 0.679 bits per heavy atom. The molecule has 1 saturated heterocycles. The molecule has 0 unspecified atom stereocenters. The molecule has 3 rings (SSSR count). The number of carbonyl (C=O) groups excluding carboxylic acids is 8. The molecule has 314 valence electrons. The van der Waals surface area contributed by atoms with Crippen LogP contribution in [0.15, 0.2) is 24.3 Å². The number of nitrogens with zero attached hydrogens (tertiary/aromatic N) is 1. The van der Waals surface area contributed by atoms with Crippen LogP contribution in [-0.2, 0) is 52.6 Å². The largest absolute Gasteiger partial charge is 0.534 e. The van der Waals surface area contributed by atoms with Crippen molar-refractivity contribution in [3.8, 4) is 0 Å². The van der Waals surface area contributed by atoms with E-state index in [1.54, 1.807) is 26.8 Å². The third-order valence-electron chi connectivity index (χ3n) is 9.57. The molecular weight excluding hydrogens is 728 g/mol. The third kappa shape index (κ3) is 17.1. The van der Waals surface area contributed by atoms with Crippen LogP contribution in [-0.4, -0.2) is 83.1 Å². The Morgan fingerprint density at radius 2 is 1.09 bits per heavy atom. The van der Waals surface area contributed by atoms with E-state index < -0.39 is 58.2 Å². The molecule has 3 amide bonds. The molecule has 4 atom stereocenters. The van der Waals surface area contributed by atoms with Crippen LogP contribution >= 0.6 is 0 Å². The van der Waals surface area contributed by atoms with Crippen molar-refractivity contribution < 1.29 is 62.1 Å². The summed E-state index contributed by atoms with van der Waals surface area (Å²) in [4.78, 5) is 100. The van der Waals surface area contributed by atoms with Crippen LogP contribution in [0.3, 0.4) is 0 Å². The quantitative estimate of drug-likeness (QED) is 0.0979. The molecular formula is C41H62N2O13. The molecule has 0 radical (unpaired) electrons. The fourth-order valence-electron chi connectivity index (χ4n) is 6.31. The van der Waals surface area contributed by atoms with Gasteiger partial charge >= 0.3 is 24.2 Å². The van der Waals surface area contributed by atoms with Gasteiger partial charge in [-0.25, -0.2) is 9.59 Å². The van der Waals surface area contributed by atoms with E-state index in [-0.39, 0.29) is 62.2 Å². The Balaban J connectivity index is 0.000000396. The average molecular weight is 791 g/mol. The number of amides is 3. The van der Waals surface area contributed by atoms with Crippen molar-refractivity contribution in [2.24, 2.45) is 10.8 Å². The highest BCUT2D eigenvalue weighted by atomic mass is 16.8. The van der Waals surface area contributed by atoms with Crippen molar-refractivity contribution >= 4 is 47.6 Å². The lowest BCUT2D eigenvalue weighted by atomic mass is 9.74. The first kappa shape index (κ1) is 47.6. The van der Waals surface area contributed by atoms with E-state index in [0.29, 0.717) is 43.6 Å². The molecule has 0 aromatic heterocycles. The fraction of sp³-hybridized carbons (Fsp3) is 0.707. The number of hydrogen-bond donors (Lipinski definition) is 1. The summed E-state index contributed by atoms with van der Waals surface area (Å²) in [5, 5.41) is 2.86. The Labute approximate surface area is 330 Å². The highest BCUT2D eigenvalue weighted by Gasteiger charge is 2.37. The molecule has 0 aromatic carbocycles. The van der Waals surface area contributed by atoms with E-state index in [0.717, 1.165) is 12.8 Å². The summed E-state index contributed by atoms with van der Waals surface area (Å²) in [7, 11) is 1.51. The van der Waals surface area contributed by atoms with Crippen molar-refractivity contribution in [3.05, 3.63) is 24.3 Å². The van der Waals surface area contributed by atoms with Crippen LogP contribution in [0.4, 0.5) is 9.59 Å².